The van der Waals surface area contributed by atoms with Crippen LogP contribution in [-0.4, -0.2) is 3.23 Å². The zero-order chi connectivity index (χ0) is 5.71. The average molecular weight is 228 g/mol. The number of halogens is 2. The number of alkyl halides is 2. The largest absolute Gasteiger partial charge is 0.0862 e. The molecule has 0 saturated heterocycles. The molecule has 0 aromatic rings. The van der Waals surface area contributed by atoms with Crippen LogP contribution in [0.2, 0.25) is 0 Å². The Kier molecular flexibility index (Phi) is 1.10. The highest BCUT2D eigenvalue weighted by atomic mass is 79.9. The summed E-state index contributed by atoms with van der Waals surface area (Å²) in [6, 6.07) is 0. The van der Waals surface area contributed by atoms with Gasteiger partial charge in [-0.2, -0.15) is 0 Å². The van der Waals surface area contributed by atoms with Crippen molar-refractivity contribution in [2.45, 2.75) is 23.5 Å². The second-order valence-electron chi connectivity index (χ2n) is 2.77. The Hall–Kier alpha value is 0.960. The number of hydrogen-bond donors (Lipinski definition) is 0. The molecule has 1 fully saturated rings. The molecule has 0 aromatic carbocycles. The fraction of sp³-hybridized carbons (Fsp3) is 1.00. The summed E-state index contributed by atoms with van der Waals surface area (Å²) < 4.78 is 0.271. The van der Waals surface area contributed by atoms with Crippen LogP contribution >= 0.6 is 31.9 Å². The molecule has 2 heteroatoms. The predicted molar refractivity (Wildman–Crippen MR) is 39.0 cm³/mol. The van der Waals surface area contributed by atoms with Gasteiger partial charge in [0.05, 0.1) is 3.23 Å². The molecule has 1 saturated carbocycles. The molecule has 1 aliphatic carbocycles. The molecular weight excluding hydrogens is 220 g/mol. The molecule has 0 aliphatic heterocycles. The maximum atomic E-state index is 3.52. The van der Waals surface area contributed by atoms with Gasteiger partial charge in [-0.25, -0.2) is 0 Å². The first-order chi connectivity index (χ1) is 2.96. The van der Waals surface area contributed by atoms with E-state index in [1.165, 1.54) is 6.42 Å². The summed E-state index contributed by atoms with van der Waals surface area (Å²) in [6.45, 7) is 4.47. The van der Waals surface area contributed by atoms with Gasteiger partial charge in [0.15, 0.2) is 0 Å². The third-order valence-corrected chi connectivity index (χ3v) is 4.24. The molecule has 1 rings (SSSR count). The summed E-state index contributed by atoms with van der Waals surface area (Å²) in [5.74, 6) is 0. The van der Waals surface area contributed by atoms with Crippen molar-refractivity contribution in [2.75, 3.05) is 0 Å². The lowest BCUT2D eigenvalue weighted by atomic mass is 10.2. The van der Waals surface area contributed by atoms with E-state index in [0.29, 0.717) is 5.41 Å². The highest BCUT2D eigenvalue weighted by Crippen LogP contribution is 2.65. The fourth-order valence-electron chi connectivity index (χ4n) is 0.511. The monoisotopic (exact) mass is 226 g/mol. The first-order valence-electron chi connectivity index (χ1n) is 2.34. The molecule has 0 unspecified atom stereocenters. The average Bonchev–Trinajstić information content (AvgIpc) is 1.63. The molecule has 0 nitrogen and oxygen atoms in total. The molecule has 0 radical (unpaired) electrons. The quantitative estimate of drug-likeness (QED) is 0.559. The zero-order valence-corrected chi connectivity index (χ0v) is 7.64. The van der Waals surface area contributed by atoms with Gasteiger partial charge in [0.2, 0.25) is 0 Å². The minimum absolute atomic E-state index is 0.271. The standard InChI is InChI=1S/C5H8Br2/c1-4(2)3-5(4,6)7/h3H2,1-2H3. The van der Waals surface area contributed by atoms with Crippen molar-refractivity contribution in [1.82, 2.24) is 0 Å². The summed E-state index contributed by atoms with van der Waals surface area (Å²) in [7, 11) is 0. The first-order valence-corrected chi connectivity index (χ1v) is 3.92. The van der Waals surface area contributed by atoms with E-state index in [-0.39, 0.29) is 3.23 Å². The highest BCUT2D eigenvalue weighted by Gasteiger charge is 2.57. The van der Waals surface area contributed by atoms with E-state index in [2.05, 4.69) is 45.7 Å². The van der Waals surface area contributed by atoms with Crippen LogP contribution in [0.3, 0.4) is 0 Å². The lowest BCUT2D eigenvalue weighted by molar-refractivity contribution is 0.652. The van der Waals surface area contributed by atoms with Crippen LogP contribution in [0, 0.1) is 5.41 Å². The minimum atomic E-state index is 0.271. The normalized spacial score (nSPS) is 32.6. The molecule has 1 aliphatic rings. The van der Waals surface area contributed by atoms with Crippen molar-refractivity contribution in [3.05, 3.63) is 0 Å². The molecule has 0 N–H and O–H groups in total. The Balaban J connectivity index is 2.59. The van der Waals surface area contributed by atoms with Gasteiger partial charge in [-0.15, -0.1) is 0 Å². The Morgan fingerprint density at radius 3 is 1.43 bits per heavy atom. The SMILES string of the molecule is CC1(C)CC1(Br)Br. The summed E-state index contributed by atoms with van der Waals surface area (Å²) in [5, 5.41) is 0. The van der Waals surface area contributed by atoms with Crippen LogP contribution in [0.25, 0.3) is 0 Å². The van der Waals surface area contributed by atoms with E-state index >= 15 is 0 Å². The van der Waals surface area contributed by atoms with Crippen molar-refractivity contribution in [2.24, 2.45) is 5.41 Å². The maximum Gasteiger partial charge on any atom is 0.0862 e. The molecule has 7 heavy (non-hydrogen) atoms. The van der Waals surface area contributed by atoms with Crippen molar-refractivity contribution >= 4 is 31.9 Å². The van der Waals surface area contributed by atoms with Crippen LogP contribution in [0.15, 0.2) is 0 Å². The molecule has 0 atom stereocenters. The summed E-state index contributed by atoms with van der Waals surface area (Å²) >= 11 is 7.05. The lowest BCUT2D eigenvalue weighted by Crippen LogP contribution is -1.94. The topological polar surface area (TPSA) is 0 Å². The summed E-state index contributed by atoms with van der Waals surface area (Å²) in [5.41, 5.74) is 0.479. The van der Waals surface area contributed by atoms with Gasteiger partial charge in [0.25, 0.3) is 0 Å². The second-order valence-corrected chi connectivity index (χ2v) is 6.54. The molecule has 0 aromatic heterocycles. The highest BCUT2D eigenvalue weighted by molar-refractivity contribution is 9.25. The predicted octanol–water partition coefficient (Wildman–Crippen LogP) is 2.90. The molecule has 0 amide bonds. The molecular formula is C5H8Br2. The third-order valence-electron chi connectivity index (χ3n) is 1.53. The van der Waals surface area contributed by atoms with Gasteiger partial charge in [0, 0.05) is 0 Å². The molecule has 0 spiro atoms. The Labute approximate surface area is 60.9 Å². The van der Waals surface area contributed by atoms with Crippen LogP contribution < -0.4 is 0 Å². The van der Waals surface area contributed by atoms with E-state index < -0.39 is 0 Å². The van der Waals surface area contributed by atoms with Crippen molar-refractivity contribution < 1.29 is 0 Å². The Bertz CT molecular complexity index is 82.3. The van der Waals surface area contributed by atoms with Gasteiger partial charge in [0.1, 0.15) is 0 Å². The molecule has 0 heterocycles. The van der Waals surface area contributed by atoms with Crippen LogP contribution in [-0.2, 0) is 0 Å². The smallest absolute Gasteiger partial charge is 0.0721 e. The first kappa shape index (κ1) is 6.09. The van der Waals surface area contributed by atoms with Crippen LogP contribution in [0.1, 0.15) is 20.3 Å². The van der Waals surface area contributed by atoms with E-state index in [1.54, 1.807) is 0 Å². The van der Waals surface area contributed by atoms with Crippen LogP contribution in [0.4, 0.5) is 0 Å². The Morgan fingerprint density at radius 2 is 1.43 bits per heavy atom. The van der Waals surface area contributed by atoms with E-state index in [0.717, 1.165) is 0 Å². The number of rotatable bonds is 0. The molecule has 42 valence electrons. The Morgan fingerprint density at radius 1 is 1.29 bits per heavy atom. The van der Waals surface area contributed by atoms with E-state index in [4.69, 9.17) is 0 Å². The second kappa shape index (κ2) is 1.27. The third kappa shape index (κ3) is 0.879. The van der Waals surface area contributed by atoms with Gasteiger partial charge < -0.3 is 0 Å². The van der Waals surface area contributed by atoms with Crippen LogP contribution in [0.5, 0.6) is 0 Å². The number of hydrogen-bond acceptors (Lipinski definition) is 0. The van der Waals surface area contributed by atoms with Crippen molar-refractivity contribution in [1.29, 1.82) is 0 Å². The maximum absolute atomic E-state index is 3.52. The fourth-order valence-corrected chi connectivity index (χ4v) is 1.91. The van der Waals surface area contributed by atoms with Gasteiger partial charge >= 0.3 is 0 Å². The summed E-state index contributed by atoms with van der Waals surface area (Å²) in [6.07, 6.45) is 1.24. The lowest BCUT2D eigenvalue weighted by Gasteiger charge is -2.00. The van der Waals surface area contributed by atoms with Crippen molar-refractivity contribution in [3.63, 3.8) is 0 Å². The van der Waals surface area contributed by atoms with Gasteiger partial charge in [-0.3, -0.25) is 0 Å². The zero-order valence-electron chi connectivity index (χ0n) is 4.46. The van der Waals surface area contributed by atoms with E-state index in [9.17, 15) is 0 Å². The van der Waals surface area contributed by atoms with E-state index in [1.807, 2.05) is 0 Å². The minimum Gasteiger partial charge on any atom is -0.0721 e. The molecule has 0 bridgehead atoms. The van der Waals surface area contributed by atoms with Crippen molar-refractivity contribution in [3.8, 4) is 0 Å². The van der Waals surface area contributed by atoms with Gasteiger partial charge in [-0.1, -0.05) is 45.7 Å². The van der Waals surface area contributed by atoms with Gasteiger partial charge in [-0.05, 0) is 11.8 Å². The summed E-state index contributed by atoms with van der Waals surface area (Å²) in [4.78, 5) is 0.